The van der Waals surface area contributed by atoms with Crippen molar-refractivity contribution in [2.45, 2.75) is 24.1 Å². The molecule has 1 fully saturated rings. The van der Waals surface area contributed by atoms with Crippen molar-refractivity contribution in [3.8, 4) is 0 Å². The van der Waals surface area contributed by atoms with Gasteiger partial charge in [0.2, 0.25) is 5.96 Å². The quantitative estimate of drug-likeness (QED) is 0.405. The van der Waals surface area contributed by atoms with Gasteiger partial charge in [0.05, 0.1) is 24.8 Å². The summed E-state index contributed by atoms with van der Waals surface area (Å²) in [6.07, 6.45) is 2.99. The van der Waals surface area contributed by atoms with Gasteiger partial charge in [0, 0.05) is 31.3 Å². The predicted molar refractivity (Wildman–Crippen MR) is 99.6 cm³/mol. The number of hydrogen-bond donors (Lipinski definition) is 2. The number of allylic oxidation sites excluding steroid dienone is 4. The molecule has 0 saturated carbocycles. The van der Waals surface area contributed by atoms with Crippen LogP contribution >= 0.6 is 27.5 Å². The Morgan fingerprint density at radius 1 is 1.48 bits per heavy atom. The van der Waals surface area contributed by atoms with Gasteiger partial charge in [0.25, 0.3) is 0 Å². The third kappa shape index (κ3) is 4.66. The van der Waals surface area contributed by atoms with E-state index in [1.54, 1.807) is 6.08 Å². The average molecular weight is 435 g/mol. The van der Waals surface area contributed by atoms with Crippen LogP contribution in [0.15, 0.2) is 37.0 Å². The number of aliphatic hydroxyl groups is 1. The molecule has 2 aliphatic heterocycles. The molecule has 1 saturated heterocycles. The van der Waals surface area contributed by atoms with Crippen molar-refractivity contribution in [2.24, 2.45) is 15.1 Å². The van der Waals surface area contributed by atoms with Crippen molar-refractivity contribution >= 4 is 45.9 Å². The van der Waals surface area contributed by atoms with E-state index >= 15 is 0 Å². The maximum absolute atomic E-state index is 14.1. The van der Waals surface area contributed by atoms with E-state index in [9.17, 15) is 9.50 Å². The highest BCUT2D eigenvalue weighted by molar-refractivity contribution is 9.11. The number of rotatable bonds is 3. The van der Waals surface area contributed by atoms with Crippen LogP contribution < -0.4 is 5.43 Å². The van der Waals surface area contributed by atoms with E-state index in [2.05, 4.69) is 36.4 Å². The van der Waals surface area contributed by atoms with Gasteiger partial charge in [-0.25, -0.2) is 19.8 Å². The number of nitrogens with one attached hydrogen (secondary N) is 1. The molecule has 0 spiro atoms. The van der Waals surface area contributed by atoms with Crippen molar-refractivity contribution in [3.63, 3.8) is 0 Å². The summed E-state index contributed by atoms with van der Waals surface area (Å²) in [6.45, 7) is 2.36. The molecule has 7 nitrogen and oxygen atoms in total. The van der Waals surface area contributed by atoms with Gasteiger partial charge in [0.15, 0.2) is 6.17 Å². The van der Waals surface area contributed by atoms with Crippen LogP contribution in [0, 0.1) is 0 Å². The fourth-order valence-corrected chi connectivity index (χ4v) is 3.69. The smallest absolute Gasteiger partial charge is 0.240 e. The second-order valence-electron chi connectivity index (χ2n) is 5.71. The molecule has 3 unspecified atom stereocenters. The highest BCUT2D eigenvalue weighted by Gasteiger charge is 2.30. The molecule has 3 atom stereocenters. The van der Waals surface area contributed by atoms with Crippen molar-refractivity contribution in [3.05, 3.63) is 21.9 Å². The summed E-state index contributed by atoms with van der Waals surface area (Å²) in [7, 11) is 0. The highest BCUT2D eigenvalue weighted by atomic mass is 79.9. The third-order valence-electron chi connectivity index (χ3n) is 3.95. The fourth-order valence-electron chi connectivity index (χ4n) is 2.64. The Balaban J connectivity index is 1.66. The lowest BCUT2D eigenvalue weighted by molar-refractivity contribution is 0.00754. The van der Waals surface area contributed by atoms with Gasteiger partial charge in [0.1, 0.15) is 11.9 Å². The summed E-state index contributed by atoms with van der Waals surface area (Å²) in [6, 6.07) is 0. The number of nitrogens with zero attached hydrogens (tertiary/aromatic N) is 4. The zero-order valence-corrected chi connectivity index (χ0v) is 15.6. The Hall–Kier alpha value is -1.29. The molecule has 0 aromatic heterocycles. The van der Waals surface area contributed by atoms with E-state index in [0.717, 1.165) is 4.48 Å². The molecule has 3 rings (SSSR count). The van der Waals surface area contributed by atoms with E-state index in [1.165, 1.54) is 12.4 Å². The maximum Gasteiger partial charge on any atom is 0.240 e. The van der Waals surface area contributed by atoms with Crippen LogP contribution in [0.25, 0.3) is 0 Å². The summed E-state index contributed by atoms with van der Waals surface area (Å²) >= 11 is 9.41. The Bertz CT molecular complexity index is 660. The molecular formula is C15H18BrClFN5O2. The van der Waals surface area contributed by atoms with Gasteiger partial charge in [-0.1, -0.05) is 15.9 Å². The maximum atomic E-state index is 14.1. The molecule has 0 aromatic rings. The summed E-state index contributed by atoms with van der Waals surface area (Å²) in [5.41, 5.74) is 3.16. The van der Waals surface area contributed by atoms with E-state index in [0.29, 0.717) is 38.3 Å². The molecule has 10 heteroatoms. The average Bonchev–Trinajstić information content (AvgIpc) is 2.61. The minimum absolute atomic E-state index is 0.0551. The number of alkyl halides is 2. The monoisotopic (exact) mass is 433 g/mol. The first-order chi connectivity index (χ1) is 12.0. The lowest BCUT2D eigenvalue weighted by Gasteiger charge is -2.33. The molecule has 25 heavy (non-hydrogen) atoms. The molecule has 0 radical (unpaired) electrons. The first kappa shape index (κ1) is 18.5. The van der Waals surface area contributed by atoms with Gasteiger partial charge >= 0.3 is 0 Å². The van der Waals surface area contributed by atoms with Crippen molar-refractivity contribution in [1.82, 2.24) is 10.3 Å². The van der Waals surface area contributed by atoms with Crippen LogP contribution in [0.1, 0.15) is 6.42 Å². The fraction of sp³-hybridized carbons (Fsp3) is 0.533. The van der Waals surface area contributed by atoms with Gasteiger partial charge in [-0.2, -0.15) is 5.10 Å². The Kier molecular flexibility index (Phi) is 6.21. The zero-order valence-electron chi connectivity index (χ0n) is 13.3. The number of ether oxygens (including phenoxy) is 1. The first-order valence-corrected chi connectivity index (χ1v) is 9.08. The normalized spacial score (nSPS) is 31.2. The SMILES string of the molecule is OC1=C(/C=N/NC2=NC(N3CCOCC3)C(F)C=N2)C=C(Br)CC1Cl. The first-order valence-electron chi connectivity index (χ1n) is 7.85. The molecule has 1 aliphatic carbocycles. The summed E-state index contributed by atoms with van der Waals surface area (Å²) < 4.78 is 20.2. The Morgan fingerprint density at radius 3 is 3.00 bits per heavy atom. The molecule has 0 amide bonds. The number of aliphatic hydroxyl groups excluding tert-OH is 1. The number of aliphatic imine (C=N–C) groups is 2. The van der Waals surface area contributed by atoms with Crippen LogP contribution in [-0.2, 0) is 4.74 Å². The van der Waals surface area contributed by atoms with E-state index < -0.39 is 17.7 Å². The topological polar surface area (TPSA) is 81.8 Å². The molecule has 136 valence electrons. The number of guanidine groups is 1. The summed E-state index contributed by atoms with van der Waals surface area (Å²) in [5.74, 6) is 0.266. The van der Waals surface area contributed by atoms with E-state index in [4.69, 9.17) is 16.3 Å². The molecule has 2 N–H and O–H groups in total. The zero-order chi connectivity index (χ0) is 17.8. The lowest BCUT2D eigenvalue weighted by atomic mass is 10.1. The van der Waals surface area contributed by atoms with Crippen LogP contribution in [0.3, 0.4) is 0 Å². The van der Waals surface area contributed by atoms with Gasteiger partial charge in [-0.3, -0.25) is 4.90 Å². The molecular weight excluding hydrogens is 417 g/mol. The second-order valence-corrected chi connectivity index (χ2v) is 7.26. The standard InChI is InChI=1S/C15H18BrClFN5O2/c16-10-5-9(13(24)11(17)6-10)7-20-22-15-19-8-12(18)14(21-15)23-1-3-25-4-2-23/h5,7-8,11-12,14,24H,1-4,6H2,(H,21,22)/b20-7+. The lowest BCUT2D eigenvalue weighted by Crippen LogP contribution is -2.49. The summed E-state index contributed by atoms with van der Waals surface area (Å²) in [5, 5.41) is 13.5. The molecule has 0 aromatic carbocycles. The second kappa shape index (κ2) is 8.39. The van der Waals surface area contributed by atoms with Crippen LogP contribution in [0.2, 0.25) is 0 Å². The number of halogens is 3. The largest absolute Gasteiger partial charge is 0.510 e. The predicted octanol–water partition coefficient (Wildman–Crippen LogP) is 2.10. The van der Waals surface area contributed by atoms with Gasteiger partial charge < -0.3 is 9.84 Å². The van der Waals surface area contributed by atoms with Crippen LogP contribution in [0.4, 0.5) is 4.39 Å². The number of hydrazone groups is 1. The number of hydrogen-bond acceptors (Lipinski definition) is 7. The van der Waals surface area contributed by atoms with Crippen LogP contribution in [0.5, 0.6) is 0 Å². The number of morpholine rings is 1. The molecule has 2 heterocycles. The summed E-state index contributed by atoms with van der Waals surface area (Å²) in [4.78, 5) is 10.1. The van der Waals surface area contributed by atoms with E-state index in [1.807, 2.05) is 4.90 Å². The van der Waals surface area contributed by atoms with Crippen molar-refractivity contribution in [1.29, 1.82) is 0 Å². The van der Waals surface area contributed by atoms with Crippen molar-refractivity contribution < 1.29 is 14.2 Å². The van der Waals surface area contributed by atoms with E-state index in [-0.39, 0.29) is 11.7 Å². The Morgan fingerprint density at radius 2 is 2.24 bits per heavy atom. The van der Waals surface area contributed by atoms with Gasteiger partial charge in [-0.15, -0.1) is 11.6 Å². The minimum Gasteiger partial charge on any atom is -0.510 e. The van der Waals surface area contributed by atoms with Gasteiger partial charge in [-0.05, 0) is 10.6 Å². The van der Waals surface area contributed by atoms with Crippen molar-refractivity contribution in [2.75, 3.05) is 26.3 Å². The Labute approximate surface area is 158 Å². The molecule has 0 bridgehead atoms. The third-order valence-corrected chi connectivity index (χ3v) is 4.86. The highest BCUT2D eigenvalue weighted by Crippen LogP contribution is 2.29. The molecule has 3 aliphatic rings. The minimum atomic E-state index is -1.27. The van der Waals surface area contributed by atoms with Crippen LogP contribution in [-0.4, -0.2) is 72.4 Å².